The molecule has 3 atom stereocenters. The second-order valence-corrected chi connectivity index (χ2v) is 7.85. The van der Waals surface area contributed by atoms with Gasteiger partial charge in [-0.15, -0.1) is 6.42 Å². The molecule has 0 radical (unpaired) electrons. The number of halogens is 3. The van der Waals surface area contributed by atoms with E-state index in [2.05, 4.69) is 5.92 Å². The van der Waals surface area contributed by atoms with Gasteiger partial charge >= 0.3 is 11.9 Å². The van der Waals surface area contributed by atoms with Crippen LogP contribution in [-0.4, -0.2) is 67.6 Å². The molecule has 2 aromatic rings. The normalized spacial score (nSPS) is 19.6. The molecular weight excluding hydrogens is 501 g/mol. The standard InChI is InChI=1S/C24H25F3N2O8/c1-3-9-36-18-12-20(37-19(18)14-35-15-34-11-10-33-2)28-13-17(24(25,26)27)22(31)29(23(28)32)21(30)16-7-5-4-6-8-16/h1,4-8,13,18-20H,9-12,14-15H2,2H3/t18-,19+,20+/m0/s1. The minimum absolute atomic E-state index is 0.0493. The van der Waals surface area contributed by atoms with Gasteiger partial charge < -0.3 is 23.7 Å². The zero-order valence-electron chi connectivity index (χ0n) is 19.8. The predicted molar refractivity (Wildman–Crippen MR) is 122 cm³/mol. The van der Waals surface area contributed by atoms with Crippen LogP contribution in [0, 0.1) is 12.3 Å². The van der Waals surface area contributed by atoms with Crippen molar-refractivity contribution in [2.24, 2.45) is 0 Å². The summed E-state index contributed by atoms with van der Waals surface area (Å²) in [5, 5.41) is 0. The molecule has 1 saturated heterocycles. The number of carbonyl (C=O) groups excluding carboxylic acids is 1. The molecule has 10 nitrogen and oxygen atoms in total. The highest BCUT2D eigenvalue weighted by molar-refractivity contribution is 5.95. The fourth-order valence-electron chi connectivity index (χ4n) is 3.64. The monoisotopic (exact) mass is 526 g/mol. The summed E-state index contributed by atoms with van der Waals surface area (Å²) >= 11 is 0. The third-order valence-electron chi connectivity index (χ3n) is 5.40. The highest BCUT2D eigenvalue weighted by Gasteiger charge is 2.41. The maximum atomic E-state index is 13.7. The van der Waals surface area contributed by atoms with Crippen molar-refractivity contribution in [3.8, 4) is 12.3 Å². The zero-order chi connectivity index (χ0) is 27.0. The molecule has 0 saturated carbocycles. The van der Waals surface area contributed by atoms with Crippen molar-refractivity contribution >= 4 is 5.91 Å². The van der Waals surface area contributed by atoms with Gasteiger partial charge in [-0.3, -0.25) is 14.2 Å². The Balaban J connectivity index is 1.94. The number of nitrogens with zero attached hydrogens (tertiary/aromatic N) is 2. The number of hydrogen-bond donors (Lipinski definition) is 0. The van der Waals surface area contributed by atoms with Crippen LogP contribution in [0.15, 0.2) is 46.1 Å². The van der Waals surface area contributed by atoms with Crippen molar-refractivity contribution in [2.45, 2.75) is 31.0 Å². The predicted octanol–water partition coefficient (Wildman–Crippen LogP) is 1.66. The van der Waals surface area contributed by atoms with Crippen molar-refractivity contribution in [1.29, 1.82) is 0 Å². The number of rotatable bonds is 11. The summed E-state index contributed by atoms with van der Waals surface area (Å²) in [5.41, 5.74) is -4.92. The lowest BCUT2D eigenvalue weighted by atomic mass is 10.2. The fourth-order valence-corrected chi connectivity index (χ4v) is 3.64. The molecule has 1 aromatic heterocycles. The van der Waals surface area contributed by atoms with Crippen molar-refractivity contribution in [2.75, 3.05) is 40.3 Å². The smallest absolute Gasteiger partial charge is 0.382 e. The Morgan fingerprint density at radius 3 is 2.57 bits per heavy atom. The lowest BCUT2D eigenvalue weighted by Gasteiger charge is -2.19. The SMILES string of the molecule is C#CCO[C@H]1C[C@H](n2cc(C(F)(F)F)c(=O)n(C(=O)c3ccccc3)c2=O)O[C@@H]1COCOCCOC. The maximum Gasteiger partial charge on any atom is 0.423 e. The van der Waals surface area contributed by atoms with Crippen LogP contribution < -0.4 is 11.2 Å². The highest BCUT2D eigenvalue weighted by Crippen LogP contribution is 2.32. The fraction of sp³-hybridized carbons (Fsp3) is 0.458. The van der Waals surface area contributed by atoms with Crippen molar-refractivity contribution in [1.82, 2.24) is 9.13 Å². The van der Waals surface area contributed by atoms with Gasteiger partial charge in [0.1, 0.15) is 31.3 Å². The van der Waals surface area contributed by atoms with Crippen LogP contribution in [0.1, 0.15) is 28.6 Å². The van der Waals surface area contributed by atoms with E-state index in [1.165, 1.54) is 31.4 Å². The lowest BCUT2D eigenvalue weighted by molar-refractivity contribution is -0.140. The number of benzene rings is 1. The van der Waals surface area contributed by atoms with Gasteiger partial charge in [0.05, 0.1) is 25.9 Å². The molecule has 0 spiro atoms. The molecule has 0 bridgehead atoms. The molecule has 2 heterocycles. The van der Waals surface area contributed by atoms with Crippen LogP contribution in [-0.2, 0) is 29.9 Å². The minimum Gasteiger partial charge on any atom is -0.382 e. The first-order valence-electron chi connectivity index (χ1n) is 11.1. The van der Waals surface area contributed by atoms with Gasteiger partial charge in [0.25, 0.3) is 11.5 Å². The van der Waals surface area contributed by atoms with Crippen LogP contribution in [0.3, 0.4) is 0 Å². The third kappa shape index (κ3) is 6.94. The Kier molecular flexibility index (Phi) is 9.79. The van der Waals surface area contributed by atoms with E-state index < -0.39 is 47.3 Å². The summed E-state index contributed by atoms with van der Waals surface area (Å²) in [6, 6.07) is 7.01. The third-order valence-corrected chi connectivity index (χ3v) is 5.40. The molecule has 200 valence electrons. The summed E-state index contributed by atoms with van der Waals surface area (Å²) in [6.45, 7) is 0.276. The number of hydrogen-bond acceptors (Lipinski definition) is 8. The molecule has 0 N–H and O–H groups in total. The number of terminal acetylenes is 1. The lowest BCUT2D eigenvalue weighted by Crippen LogP contribution is -2.47. The van der Waals surface area contributed by atoms with Crippen LogP contribution in [0.4, 0.5) is 13.2 Å². The van der Waals surface area contributed by atoms with E-state index in [1.54, 1.807) is 6.07 Å². The Bertz CT molecular complexity index is 1220. The Hall–Kier alpha value is -3.28. The molecule has 0 aliphatic carbocycles. The Morgan fingerprint density at radius 2 is 1.92 bits per heavy atom. The summed E-state index contributed by atoms with van der Waals surface area (Å²) in [5.74, 6) is 1.08. The Morgan fingerprint density at radius 1 is 1.19 bits per heavy atom. The molecule has 1 aliphatic rings. The molecule has 13 heteroatoms. The first-order valence-corrected chi connectivity index (χ1v) is 11.1. The number of methoxy groups -OCH3 is 1. The number of ether oxygens (including phenoxy) is 5. The average molecular weight is 526 g/mol. The summed E-state index contributed by atoms with van der Waals surface area (Å²) < 4.78 is 68.5. The summed E-state index contributed by atoms with van der Waals surface area (Å²) in [4.78, 5) is 38.7. The second kappa shape index (κ2) is 12.8. The van der Waals surface area contributed by atoms with Gasteiger partial charge in [0.15, 0.2) is 0 Å². The minimum atomic E-state index is -5.15. The molecule has 1 fully saturated rings. The van der Waals surface area contributed by atoms with Gasteiger partial charge in [-0.2, -0.15) is 17.7 Å². The largest absolute Gasteiger partial charge is 0.423 e. The average Bonchev–Trinajstić information content (AvgIpc) is 3.27. The molecular formula is C24H25F3N2O8. The highest BCUT2D eigenvalue weighted by atomic mass is 19.4. The van der Waals surface area contributed by atoms with E-state index in [1.807, 2.05) is 0 Å². The van der Waals surface area contributed by atoms with Crippen molar-refractivity contribution < 1.29 is 41.7 Å². The van der Waals surface area contributed by atoms with Crippen molar-refractivity contribution in [3.05, 3.63) is 68.5 Å². The zero-order valence-corrected chi connectivity index (χ0v) is 19.8. The van der Waals surface area contributed by atoms with Crippen LogP contribution in [0.25, 0.3) is 0 Å². The van der Waals surface area contributed by atoms with E-state index >= 15 is 0 Å². The molecule has 3 rings (SSSR count). The van der Waals surface area contributed by atoms with Crippen molar-refractivity contribution in [3.63, 3.8) is 0 Å². The van der Waals surface area contributed by atoms with Crippen LogP contribution in [0.2, 0.25) is 0 Å². The molecule has 0 amide bonds. The number of alkyl halides is 3. The van der Waals surface area contributed by atoms with Gasteiger partial charge in [-0.05, 0) is 12.1 Å². The molecule has 37 heavy (non-hydrogen) atoms. The van der Waals surface area contributed by atoms with E-state index in [9.17, 15) is 27.6 Å². The second-order valence-electron chi connectivity index (χ2n) is 7.85. The summed E-state index contributed by atoms with van der Waals surface area (Å²) in [7, 11) is 1.51. The first-order chi connectivity index (χ1) is 17.7. The van der Waals surface area contributed by atoms with Crippen LogP contribution in [0.5, 0.6) is 0 Å². The molecule has 1 aliphatic heterocycles. The van der Waals surface area contributed by atoms with Gasteiger partial charge in [-0.1, -0.05) is 24.1 Å². The quantitative estimate of drug-likeness (QED) is 0.247. The Labute approximate surface area is 209 Å². The van der Waals surface area contributed by atoms with Crippen LogP contribution >= 0.6 is 0 Å². The maximum absolute atomic E-state index is 13.7. The van der Waals surface area contributed by atoms with Gasteiger partial charge in [-0.25, -0.2) is 4.79 Å². The van der Waals surface area contributed by atoms with E-state index in [0.29, 0.717) is 17.4 Å². The van der Waals surface area contributed by atoms with E-state index in [4.69, 9.17) is 30.1 Å². The number of carbonyl (C=O) groups is 1. The van der Waals surface area contributed by atoms with E-state index in [0.717, 1.165) is 0 Å². The molecule has 1 aromatic carbocycles. The van der Waals surface area contributed by atoms with Gasteiger partial charge in [0.2, 0.25) is 0 Å². The molecule has 0 unspecified atom stereocenters. The number of aromatic nitrogens is 2. The van der Waals surface area contributed by atoms with Gasteiger partial charge in [0, 0.05) is 25.3 Å². The topological polar surface area (TPSA) is 107 Å². The first kappa shape index (κ1) is 28.3. The summed E-state index contributed by atoms with van der Waals surface area (Å²) in [6.07, 6.45) is -2.56. The van der Waals surface area contributed by atoms with E-state index in [-0.39, 0.29) is 43.2 Å².